The first kappa shape index (κ1) is 40.7. The van der Waals surface area contributed by atoms with E-state index >= 15 is 0 Å². The second kappa shape index (κ2) is 14.2. The van der Waals surface area contributed by atoms with Gasteiger partial charge in [-0.05, 0) is 51.3 Å². The van der Waals surface area contributed by atoms with Crippen LogP contribution < -0.4 is 5.32 Å². The first-order valence-corrected chi connectivity index (χ1v) is 18.7. The van der Waals surface area contributed by atoms with Gasteiger partial charge in [0.1, 0.15) is 35.1 Å². The molecule has 1 saturated heterocycles. The molecule has 2 aromatic rings. The van der Waals surface area contributed by atoms with E-state index in [4.69, 9.17) is 18.9 Å². The van der Waals surface area contributed by atoms with E-state index in [0.717, 1.165) is 0 Å². The molecule has 0 aromatic heterocycles. The van der Waals surface area contributed by atoms with Crippen molar-refractivity contribution in [1.29, 1.82) is 0 Å². The zero-order chi connectivity index (χ0) is 40.5. The standard InChI is InChI=1S/C41H53NO13/c1-21-24(53-35(48)30(45)28(22-14-10-8-11-15-22)42-36(49)55-37(2,3)4)19-41(51)33(54-34(47)23-16-12-9-13-17-23)31-39(7,25(43)18-26-40(31,50)20-52-26)32(46)29(44)27(21)38(41,5)6/h8-17,21,24-31,33,43-45,50-51H,18-20H2,1-7H3,(H,42,49)/t21-,24-,25+,26+,27+,28-,29+,30+,31-,33-,39+,40-,41+/m0/s1. The number of hydrogen-bond acceptors (Lipinski definition) is 13. The summed E-state index contributed by atoms with van der Waals surface area (Å²) in [6.45, 7) is 10.9. The first-order valence-electron chi connectivity index (χ1n) is 18.7. The Balaban J connectivity index is 1.42. The van der Waals surface area contributed by atoms with E-state index in [1.54, 1.807) is 90.1 Å². The van der Waals surface area contributed by atoms with Gasteiger partial charge in [-0.1, -0.05) is 69.3 Å². The summed E-state index contributed by atoms with van der Waals surface area (Å²) in [5, 5.41) is 63.3. The molecule has 2 aromatic carbocycles. The molecule has 6 rings (SSSR count). The van der Waals surface area contributed by atoms with Gasteiger partial charge in [0.2, 0.25) is 0 Å². The molecule has 4 aliphatic rings. The number of ether oxygens (including phenoxy) is 4. The number of aliphatic hydroxyl groups excluding tert-OH is 3. The second-order valence-electron chi connectivity index (χ2n) is 17.5. The highest BCUT2D eigenvalue weighted by molar-refractivity contribution is 5.92. The van der Waals surface area contributed by atoms with Gasteiger partial charge in [-0.25, -0.2) is 14.4 Å². The molecule has 1 amide bonds. The van der Waals surface area contributed by atoms with Crippen molar-refractivity contribution in [2.75, 3.05) is 6.61 Å². The molecule has 300 valence electrons. The predicted octanol–water partition coefficient (Wildman–Crippen LogP) is 2.62. The molecule has 4 fully saturated rings. The molecule has 1 aliphatic heterocycles. The van der Waals surface area contributed by atoms with Crippen LogP contribution in [0.15, 0.2) is 60.7 Å². The molecule has 0 unspecified atom stereocenters. The van der Waals surface area contributed by atoms with Crippen LogP contribution in [0.3, 0.4) is 0 Å². The molecule has 13 atom stereocenters. The number of carbonyl (C=O) groups excluding carboxylic acids is 4. The van der Waals surface area contributed by atoms with Gasteiger partial charge in [-0.3, -0.25) is 4.79 Å². The molecule has 55 heavy (non-hydrogen) atoms. The van der Waals surface area contributed by atoms with Crippen molar-refractivity contribution in [3.05, 3.63) is 71.8 Å². The van der Waals surface area contributed by atoms with Crippen LogP contribution in [0.25, 0.3) is 0 Å². The van der Waals surface area contributed by atoms with Crippen LogP contribution in [0.5, 0.6) is 0 Å². The van der Waals surface area contributed by atoms with E-state index in [9.17, 15) is 44.7 Å². The lowest BCUT2D eigenvalue weighted by molar-refractivity contribution is -0.354. The number of fused-ring (bicyclic) bond motifs is 5. The normalized spacial score (nSPS) is 37.6. The van der Waals surface area contributed by atoms with Crippen LogP contribution in [0.2, 0.25) is 0 Å². The molecule has 3 aliphatic carbocycles. The topological polar surface area (TPSA) is 218 Å². The summed E-state index contributed by atoms with van der Waals surface area (Å²) in [5.74, 6) is -6.46. The Kier molecular flexibility index (Phi) is 10.5. The number of aliphatic hydroxyl groups is 5. The van der Waals surface area contributed by atoms with Crippen molar-refractivity contribution in [3.8, 4) is 0 Å². The Morgan fingerprint density at radius 1 is 0.945 bits per heavy atom. The van der Waals surface area contributed by atoms with Gasteiger partial charge in [0, 0.05) is 30.1 Å². The number of benzene rings is 2. The maximum absolute atomic E-state index is 14.7. The Hall–Kier alpha value is -3.92. The summed E-state index contributed by atoms with van der Waals surface area (Å²) in [4.78, 5) is 55.5. The number of Topliss-reactive ketones (excluding diaryl/α,β-unsaturated/α-hetero) is 1. The van der Waals surface area contributed by atoms with E-state index in [1.807, 2.05) is 0 Å². The summed E-state index contributed by atoms with van der Waals surface area (Å²) in [7, 11) is 0. The summed E-state index contributed by atoms with van der Waals surface area (Å²) < 4.78 is 23.3. The van der Waals surface area contributed by atoms with Crippen molar-refractivity contribution in [1.82, 2.24) is 5.32 Å². The monoisotopic (exact) mass is 767 g/mol. The number of nitrogens with one attached hydrogen (secondary N) is 1. The van der Waals surface area contributed by atoms with E-state index in [1.165, 1.54) is 19.1 Å². The summed E-state index contributed by atoms with van der Waals surface area (Å²) >= 11 is 0. The van der Waals surface area contributed by atoms with E-state index in [-0.39, 0.29) is 18.6 Å². The van der Waals surface area contributed by atoms with Gasteiger partial charge in [0.25, 0.3) is 0 Å². The number of rotatable bonds is 7. The zero-order valence-electron chi connectivity index (χ0n) is 32.2. The molecule has 6 N–H and O–H groups in total. The van der Waals surface area contributed by atoms with Crippen molar-refractivity contribution in [2.24, 2.45) is 28.6 Å². The van der Waals surface area contributed by atoms with Crippen molar-refractivity contribution >= 4 is 23.8 Å². The van der Waals surface area contributed by atoms with E-state index < -0.39 is 118 Å². The van der Waals surface area contributed by atoms with Crippen LogP contribution in [0, 0.1) is 28.6 Å². The molecule has 1 heterocycles. The predicted molar refractivity (Wildman–Crippen MR) is 194 cm³/mol. The number of alkyl carbamates (subject to hydrolysis) is 1. The third-order valence-corrected chi connectivity index (χ3v) is 12.8. The second-order valence-corrected chi connectivity index (χ2v) is 17.5. The highest BCUT2D eigenvalue weighted by atomic mass is 16.6. The van der Waals surface area contributed by atoms with Gasteiger partial charge >= 0.3 is 18.0 Å². The number of amides is 1. The lowest BCUT2D eigenvalue weighted by Crippen LogP contribution is -2.82. The fraction of sp³-hybridized carbons (Fsp3) is 0.610. The van der Waals surface area contributed by atoms with Gasteiger partial charge in [0.15, 0.2) is 11.9 Å². The maximum Gasteiger partial charge on any atom is 0.408 e. The molecular weight excluding hydrogens is 714 g/mol. The largest absolute Gasteiger partial charge is 0.460 e. The van der Waals surface area contributed by atoms with Crippen LogP contribution in [-0.4, -0.2) is 109 Å². The SMILES string of the molecule is C[C@@H]1[C@@H]2[C@@H](O)C(=O)[C@]3(C)[C@H](O)C[C@H]4OC[C@@]4(O)[C@H]3[C@H](OC(=O)c3ccccc3)[C@](O)(C[C@@H]1OC(=O)[C@H](O)[C@@H](NC(=O)OC(C)(C)C)c1ccccc1)C2(C)C. The van der Waals surface area contributed by atoms with Crippen molar-refractivity contribution < 1.29 is 63.7 Å². The number of hydrogen-bond donors (Lipinski definition) is 6. The van der Waals surface area contributed by atoms with Gasteiger partial charge in [0.05, 0.1) is 35.8 Å². The average molecular weight is 768 g/mol. The Morgan fingerprint density at radius 2 is 1.55 bits per heavy atom. The number of esters is 2. The Morgan fingerprint density at radius 3 is 2.11 bits per heavy atom. The maximum atomic E-state index is 14.7. The molecule has 3 saturated carbocycles. The molecule has 2 bridgehead atoms. The molecule has 0 spiro atoms. The minimum Gasteiger partial charge on any atom is -0.460 e. The highest BCUT2D eigenvalue weighted by Crippen LogP contribution is 2.64. The smallest absolute Gasteiger partial charge is 0.408 e. The van der Waals surface area contributed by atoms with Crippen molar-refractivity contribution in [3.63, 3.8) is 0 Å². The lowest BCUT2D eigenvalue weighted by Gasteiger charge is -2.68. The summed E-state index contributed by atoms with van der Waals surface area (Å²) in [6, 6.07) is 14.8. The quantitative estimate of drug-likeness (QED) is 0.177. The third kappa shape index (κ3) is 6.74. The van der Waals surface area contributed by atoms with Crippen LogP contribution in [-0.2, 0) is 28.5 Å². The third-order valence-electron chi connectivity index (χ3n) is 12.8. The van der Waals surface area contributed by atoms with Crippen molar-refractivity contribution in [2.45, 2.75) is 121 Å². The fourth-order valence-electron chi connectivity index (χ4n) is 9.72. The molecular formula is C41H53NO13. The minimum absolute atomic E-state index is 0.111. The molecule has 0 radical (unpaired) electrons. The van der Waals surface area contributed by atoms with Crippen LogP contribution >= 0.6 is 0 Å². The van der Waals surface area contributed by atoms with Gasteiger partial charge in [-0.2, -0.15) is 0 Å². The van der Waals surface area contributed by atoms with Crippen LogP contribution in [0.1, 0.15) is 83.3 Å². The van der Waals surface area contributed by atoms with Gasteiger partial charge < -0.3 is 49.8 Å². The summed E-state index contributed by atoms with van der Waals surface area (Å²) in [6.07, 6.45) is -10.9. The number of carbonyl (C=O) groups is 4. The molecule has 14 heteroatoms. The zero-order valence-corrected chi connectivity index (χ0v) is 32.2. The first-order chi connectivity index (χ1) is 25.6. The van der Waals surface area contributed by atoms with Gasteiger partial charge in [-0.15, -0.1) is 0 Å². The van der Waals surface area contributed by atoms with E-state index in [2.05, 4.69) is 5.32 Å². The minimum atomic E-state index is -2.25. The number of ketones is 1. The fourth-order valence-corrected chi connectivity index (χ4v) is 9.72. The highest BCUT2D eigenvalue weighted by Gasteiger charge is 2.77. The Bertz CT molecular complexity index is 1780. The lowest BCUT2D eigenvalue weighted by atomic mass is 9.42. The van der Waals surface area contributed by atoms with E-state index in [0.29, 0.717) is 5.56 Å². The summed E-state index contributed by atoms with van der Waals surface area (Å²) in [5.41, 5.74) is -7.98. The van der Waals surface area contributed by atoms with Crippen LogP contribution in [0.4, 0.5) is 4.79 Å². The molecule has 14 nitrogen and oxygen atoms in total. The average Bonchev–Trinajstić information content (AvgIpc) is 3.12. The Labute approximate surface area is 320 Å².